The zero-order valence-corrected chi connectivity index (χ0v) is 13.3. The molecule has 1 aromatic rings. The van der Waals surface area contributed by atoms with Gasteiger partial charge in [-0.05, 0) is 12.1 Å². The Morgan fingerprint density at radius 3 is 2.40 bits per heavy atom. The second-order valence-electron chi connectivity index (χ2n) is 3.64. The van der Waals surface area contributed by atoms with Crippen LogP contribution in [0.5, 0.6) is 0 Å². The summed E-state index contributed by atoms with van der Waals surface area (Å²) in [6.45, 7) is -0.191. The van der Waals surface area contributed by atoms with Crippen LogP contribution in [0, 0.1) is 0 Å². The summed E-state index contributed by atoms with van der Waals surface area (Å²) in [5.41, 5.74) is 0.235. The largest absolute Gasteiger partial charge is 0.479 e. The van der Waals surface area contributed by atoms with E-state index in [0.29, 0.717) is 4.47 Å². The number of carboxylic acids is 1. The molecular formula is C11H11BrCl2N2O4. The Hall–Kier alpha value is -1.02. The van der Waals surface area contributed by atoms with Gasteiger partial charge in [-0.1, -0.05) is 39.1 Å². The lowest BCUT2D eigenvalue weighted by molar-refractivity contribution is -0.147. The van der Waals surface area contributed by atoms with Gasteiger partial charge in [-0.15, -0.1) is 0 Å². The first-order chi connectivity index (χ1) is 9.35. The SMILES string of the molecule is COC(CNC(=O)Nc1c(Cl)cc(Br)cc1Cl)C(=O)O. The average Bonchev–Trinajstić information content (AvgIpc) is 2.34. The van der Waals surface area contributed by atoms with Crippen molar-refractivity contribution >= 4 is 56.8 Å². The van der Waals surface area contributed by atoms with Gasteiger partial charge in [0, 0.05) is 11.6 Å². The number of urea groups is 1. The summed E-state index contributed by atoms with van der Waals surface area (Å²) in [6, 6.07) is 2.50. The van der Waals surface area contributed by atoms with E-state index in [0.717, 1.165) is 0 Å². The van der Waals surface area contributed by atoms with Gasteiger partial charge < -0.3 is 20.5 Å². The van der Waals surface area contributed by atoms with Gasteiger partial charge in [-0.3, -0.25) is 0 Å². The van der Waals surface area contributed by atoms with Gasteiger partial charge in [0.05, 0.1) is 22.3 Å². The fourth-order valence-corrected chi connectivity index (χ4v) is 2.58. The summed E-state index contributed by atoms with van der Waals surface area (Å²) in [4.78, 5) is 22.3. The lowest BCUT2D eigenvalue weighted by Crippen LogP contribution is -2.39. The van der Waals surface area contributed by atoms with Crippen LogP contribution >= 0.6 is 39.1 Å². The van der Waals surface area contributed by atoms with Gasteiger partial charge in [-0.2, -0.15) is 0 Å². The van der Waals surface area contributed by atoms with Crippen LogP contribution in [0.4, 0.5) is 10.5 Å². The molecular weight excluding hydrogens is 375 g/mol. The number of ether oxygens (including phenoxy) is 1. The summed E-state index contributed by atoms with van der Waals surface area (Å²) in [6.07, 6.45) is -1.13. The molecule has 1 atom stereocenters. The number of aliphatic carboxylic acids is 1. The quantitative estimate of drug-likeness (QED) is 0.727. The molecule has 0 heterocycles. The zero-order valence-electron chi connectivity index (χ0n) is 10.2. The van der Waals surface area contributed by atoms with Gasteiger partial charge in [0.25, 0.3) is 0 Å². The molecule has 6 nitrogen and oxygen atoms in total. The summed E-state index contributed by atoms with van der Waals surface area (Å²) >= 11 is 15.1. The van der Waals surface area contributed by atoms with Crippen molar-refractivity contribution in [2.45, 2.75) is 6.10 Å². The highest BCUT2D eigenvalue weighted by atomic mass is 79.9. The highest BCUT2D eigenvalue weighted by molar-refractivity contribution is 9.10. The second kappa shape index (κ2) is 7.68. The summed E-state index contributed by atoms with van der Waals surface area (Å²) in [5, 5.41) is 14.0. The molecule has 0 aliphatic rings. The number of hydrogen-bond acceptors (Lipinski definition) is 3. The Kier molecular flexibility index (Phi) is 6.54. The van der Waals surface area contributed by atoms with E-state index in [-0.39, 0.29) is 22.3 Å². The number of rotatable bonds is 5. The van der Waals surface area contributed by atoms with Crippen LogP contribution in [-0.4, -0.2) is 36.9 Å². The fraction of sp³-hybridized carbons (Fsp3) is 0.273. The molecule has 0 fully saturated rings. The van der Waals surface area contributed by atoms with E-state index < -0.39 is 18.1 Å². The molecule has 2 amide bonds. The van der Waals surface area contributed by atoms with E-state index >= 15 is 0 Å². The van der Waals surface area contributed by atoms with E-state index in [4.69, 9.17) is 28.3 Å². The van der Waals surface area contributed by atoms with Crippen molar-refractivity contribution in [1.82, 2.24) is 5.32 Å². The summed E-state index contributed by atoms with van der Waals surface area (Å²) in [7, 11) is 1.24. The molecule has 0 radical (unpaired) electrons. The summed E-state index contributed by atoms with van der Waals surface area (Å²) < 4.78 is 5.35. The Labute approximate surface area is 133 Å². The predicted molar refractivity (Wildman–Crippen MR) is 79.6 cm³/mol. The van der Waals surface area contributed by atoms with Crippen LogP contribution < -0.4 is 10.6 Å². The molecule has 0 aliphatic heterocycles. The average molecular weight is 386 g/mol. The number of nitrogens with one attached hydrogen (secondary N) is 2. The van der Waals surface area contributed by atoms with E-state index in [1.54, 1.807) is 12.1 Å². The van der Waals surface area contributed by atoms with Crippen molar-refractivity contribution in [2.24, 2.45) is 0 Å². The van der Waals surface area contributed by atoms with Gasteiger partial charge in [0.15, 0.2) is 6.10 Å². The Morgan fingerprint density at radius 2 is 1.95 bits per heavy atom. The van der Waals surface area contributed by atoms with Gasteiger partial charge in [0.1, 0.15) is 0 Å². The molecule has 20 heavy (non-hydrogen) atoms. The normalized spacial score (nSPS) is 11.8. The van der Waals surface area contributed by atoms with Crippen LogP contribution in [0.3, 0.4) is 0 Å². The maximum absolute atomic E-state index is 11.6. The van der Waals surface area contributed by atoms with E-state index in [2.05, 4.69) is 31.3 Å². The van der Waals surface area contributed by atoms with Gasteiger partial charge in [-0.25, -0.2) is 9.59 Å². The second-order valence-corrected chi connectivity index (χ2v) is 5.37. The molecule has 0 spiro atoms. The molecule has 0 saturated heterocycles. The maximum Gasteiger partial charge on any atom is 0.334 e. The number of benzene rings is 1. The summed E-state index contributed by atoms with van der Waals surface area (Å²) in [5.74, 6) is -1.17. The number of anilines is 1. The third kappa shape index (κ3) is 4.82. The molecule has 1 aromatic carbocycles. The van der Waals surface area contributed by atoms with Crippen LogP contribution in [0.25, 0.3) is 0 Å². The van der Waals surface area contributed by atoms with Crippen molar-refractivity contribution < 1.29 is 19.4 Å². The van der Waals surface area contributed by atoms with Gasteiger partial charge in [0.2, 0.25) is 0 Å². The minimum atomic E-state index is -1.17. The fourth-order valence-electron chi connectivity index (χ4n) is 1.28. The van der Waals surface area contributed by atoms with Crippen molar-refractivity contribution in [3.63, 3.8) is 0 Å². The number of carbonyl (C=O) groups excluding carboxylic acids is 1. The molecule has 1 rings (SSSR count). The molecule has 110 valence electrons. The van der Waals surface area contributed by atoms with Crippen LogP contribution in [0.1, 0.15) is 0 Å². The number of hydrogen-bond donors (Lipinski definition) is 3. The zero-order chi connectivity index (χ0) is 15.3. The molecule has 3 N–H and O–H groups in total. The number of carbonyl (C=O) groups is 2. The van der Waals surface area contributed by atoms with Gasteiger partial charge >= 0.3 is 12.0 Å². The highest BCUT2D eigenvalue weighted by Crippen LogP contribution is 2.33. The molecule has 0 saturated carbocycles. The maximum atomic E-state index is 11.6. The number of carboxylic acid groups (broad SMARTS) is 1. The van der Waals surface area contributed by atoms with Crippen molar-refractivity contribution in [1.29, 1.82) is 0 Å². The Balaban J connectivity index is 2.66. The van der Waals surface area contributed by atoms with Crippen LogP contribution in [-0.2, 0) is 9.53 Å². The molecule has 0 bridgehead atoms. The Morgan fingerprint density at radius 1 is 1.40 bits per heavy atom. The minimum Gasteiger partial charge on any atom is -0.479 e. The third-order valence-electron chi connectivity index (χ3n) is 2.25. The van der Waals surface area contributed by atoms with Crippen molar-refractivity contribution in [3.8, 4) is 0 Å². The van der Waals surface area contributed by atoms with Crippen LogP contribution in [0.2, 0.25) is 10.0 Å². The topological polar surface area (TPSA) is 87.7 Å². The van der Waals surface area contributed by atoms with Crippen LogP contribution in [0.15, 0.2) is 16.6 Å². The van der Waals surface area contributed by atoms with E-state index in [9.17, 15) is 9.59 Å². The monoisotopic (exact) mass is 384 g/mol. The smallest absolute Gasteiger partial charge is 0.334 e. The molecule has 0 aromatic heterocycles. The first-order valence-electron chi connectivity index (χ1n) is 5.30. The lowest BCUT2D eigenvalue weighted by Gasteiger charge is -2.13. The van der Waals surface area contributed by atoms with E-state index in [1.807, 2.05) is 0 Å². The number of amides is 2. The number of methoxy groups -OCH3 is 1. The molecule has 1 unspecified atom stereocenters. The third-order valence-corrected chi connectivity index (χ3v) is 3.31. The standard InChI is InChI=1S/C11H11BrCl2N2O4/c1-20-8(10(17)18)4-15-11(19)16-9-6(13)2-5(12)3-7(9)14/h2-3,8H,4H2,1H3,(H,17,18)(H2,15,16,19). The predicted octanol–water partition coefficient (Wildman–Crippen LogP) is 2.98. The Bertz CT molecular complexity index is 504. The first-order valence-corrected chi connectivity index (χ1v) is 6.85. The molecule has 9 heteroatoms. The minimum absolute atomic E-state index is 0.191. The number of halogens is 3. The van der Waals surface area contributed by atoms with Crippen molar-refractivity contribution in [3.05, 3.63) is 26.7 Å². The molecule has 0 aliphatic carbocycles. The lowest BCUT2D eigenvalue weighted by atomic mass is 10.3. The van der Waals surface area contributed by atoms with Crippen molar-refractivity contribution in [2.75, 3.05) is 19.0 Å². The highest BCUT2D eigenvalue weighted by Gasteiger charge is 2.18. The first kappa shape index (κ1) is 17.0. The van der Waals surface area contributed by atoms with E-state index in [1.165, 1.54) is 7.11 Å².